The van der Waals surface area contributed by atoms with Crippen LogP contribution in [-0.4, -0.2) is 32.9 Å². The molecule has 1 fully saturated rings. The third kappa shape index (κ3) is 3.44. The van der Waals surface area contributed by atoms with Crippen LogP contribution in [-0.2, 0) is 17.9 Å². The molecule has 2 amide bonds. The fourth-order valence-corrected chi connectivity index (χ4v) is 5.03. The zero-order chi connectivity index (χ0) is 22.3. The lowest BCUT2D eigenvalue weighted by Crippen LogP contribution is -2.64. The number of aryl methyl sites for hydroxylation is 1. The molecule has 1 atom stereocenters. The van der Waals surface area contributed by atoms with Crippen LogP contribution in [0.4, 0.5) is 0 Å². The van der Waals surface area contributed by atoms with Gasteiger partial charge in [-0.3, -0.25) is 9.59 Å². The van der Waals surface area contributed by atoms with E-state index in [1.165, 1.54) is 0 Å². The molecule has 32 heavy (non-hydrogen) atoms. The van der Waals surface area contributed by atoms with Crippen LogP contribution in [0.3, 0.4) is 0 Å². The maximum absolute atomic E-state index is 13.8. The molecule has 6 heteroatoms. The molecule has 0 spiro atoms. The topological polar surface area (TPSA) is 67.5 Å². The predicted molar refractivity (Wildman–Crippen MR) is 122 cm³/mol. The van der Waals surface area contributed by atoms with Crippen molar-refractivity contribution in [1.82, 2.24) is 14.8 Å². The third-order valence-electron chi connectivity index (χ3n) is 7.05. The Labute approximate surface area is 188 Å². The molecule has 3 aromatic rings. The second-order valence-electron chi connectivity index (χ2n) is 9.21. The highest BCUT2D eigenvalue weighted by Gasteiger charge is 2.48. The van der Waals surface area contributed by atoms with E-state index in [9.17, 15) is 9.59 Å². The van der Waals surface area contributed by atoms with Gasteiger partial charge in [-0.15, -0.1) is 0 Å². The Hall–Kier alpha value is -3.28. The molecule has 166 valence electrons. The van der Waals surface area contributed by atoms with E-state index in [0.717, 1.165) is 42.5 Å². The highest BCUT2D eigenvalue weighted by molar-refractivity contribution is 6.00. The van der Waals surface area contributed by atoms with E-state index < -0.39 is 5.54 Å². The van der Waals surface area contributed by atoms with Gasteiger partial charge >= 0.3 is 0 Å². The molecule has 1 saturated carbocycles. The normalized spacial score (nSPS) is 21.1. The fourth-order valence-electron chi connectivity index (χ4n) is 5.03. The van der Waals surface area contributed by atoms with E-state index in [0.29, 0.717) is 24.5 Å². The summed E-state index contributed by atoms with van der Waals surface area (Å²) >= 11 is 0. The zero-order valence-electron chi connectivity index (χ0n) is 18.6. The summed E-state index contributed by atoms with van der Waals surface area (Å²) in [5.74, 6) is 0.465. The van der Waals surface area contributed by atoms with Crippen molar-refractivity contribution in [3.8, 4) is 11.5 Å². The molecule has 0 unspecified atom stereocenters. The van der Waals surface area contributed by atoms with Gasteiger partial charge in [0.05, 0.1) is 18.5 Å². The Kier molecular flexibility index (Phi) is 5.16. The van der Waals surface area contributed by atoms with Crippen molar-refractivity contribution in [2.24, 2.45) is 0 Å². The van der Waals surface area contributed by atoms with E-state index in [4.69, 9.17) is 4.42 Å². The monoisotopic (exact) mass is 431 g/mol. The summed E-state index contributed by atoms with van der Waals surface area (Å²) in [5.41, 5.74) is 2.53. The zero-order valence-corrected chi connectivity index (χ0v) is 18.6. The first-order valence-corrected chi connectivity index (χ1v) is 11.4. The first kappa shape index (κ1) is 20.6. The maximum Gasteiger partial charge on any atom is 0.271 e. The van der Waals surface area contributed by atoms with Crippen molar-refractivity contribution in [2.45, 2.75) is 64.2 Å². The van der Waals surface area contributed by atoms with Crippen LogP contribution in [0.15, 0.2) is 59.2 Å². The van der Waals surface area contributed by atoms with Gasteiger partial charge in [-0.2, -0.15) is 0 Å². The van der Waals surface area contributed by atoms with Crippen molar-refractivity contribution >= 4 is 11.8 Å². The predicted octanol–water partition coefficient (Wildman–Crippen LogP) is 4.53. The van der Waals surface area contributed by atoms with Crippen molar-refractivity contribution in [1.29, 1.82) is 0 Å². The largest absolute Gasteiger partial charge is 0.463 e. The van der Waals surface area contributed by atoms with Gasteiger partial charge in [-0.25, -0.2) is 0 Å². The van der Waals surface area contributed by atoms with Crippen molar-refractivity contribution in [2.75, 3.05) is 0 Å². The van der Waals surface area contributed by atoms with Crippen molar-refractivity contribution in [3.63, 3.8) is 0 Å². The van der Waals surface area contributed by atoms with Gasteiger partial charge in [0.2, 0.25) is 5.91 Å². The summed E-state index contributed by atoms with van der Waals surface area (Å²) in [6, 6.07) is 15.7. The Morgan fingerprint density at radius 3 is 2.56 bits per heavy atom. The molecule has 2 aliphatic rings. The molecule has 0 saturated heterocycles. The number of fused-ring (bicyclic) bond motifs is 1. The lowest BCUT2D eigenvalue weighted by atomic mass is 9.92. The quantitative estimate of drug-likeness (QED) is 0.645. The van der Waals surface area contributed by atoms with Gasteiger partial charge < -0.3 is 19.2 Å². The number of hydrogen-bond acceptors (Lipinski definition) is 3. The number of furan rings is 1. The van der Waals surface area contributed by atoms with Crippen LogP contribution >= 0.6 is 0 Å². The summed E-state index contributed by atoms with van der Waals surface area (Å²) in [7, 11) is 0. The van der Waals surface area contributed by atoms with E-state index in [1.54, 1.807) is 11.2 Å². The lowest BCUT2D eigenvalue weighted by molar-refractivity contribution is -0.133. The van der Waals surface area contributed by atoms with Gasteiger partial charge in [0, 0.05) is 12.6 Å². The summed E-state index contributed by atoms with van der Waals surface area (Å²) in [6.07, 6.45) is 5.90. The van der Waals surface area contributed by atoms with Crippen LogP contribution in [0.25, 0.3) is 11.5 Å². The SMILES string of the molecule is Cc1ccccc1CN1C(=O)c2ccc(-c3ccco3)n2C[C@@]1(C)C(=O)NC1CCCC1. The molecular formula is C26H29N3O3. The summed E-state index contributed by atoms with van der Waals surface area (Å²) in [5, 5.41) is 3.25. The second kappa shape index (κ2) is 8.01. The maximum atomic E-state index is 13.8. The first-order chi connectivity index (χ1) is 15.5. The van der Waals surface area contributed by atoms with Gasteiger partial charge in [0.15, 0.2) is 0 Å². The smallest absolute Gasteiger partial charge is 0.271 e. The number of carbonyl (C=O) groups is 2. The molecule has 3 heterocycles. The number of rotatable bonds is 5. The standard InChI is InChI=1S/C26H29N3O3/c1-18-8-3-4-9-19(18)16-29-24(30)22-14-13-21(23-12-7-15-32-23)28(22)17-26(29,2)25(31)27-20-10-5-6-11-20/h3-4,7-9,12-15,20H,5-6,10-11,16-17H2,1-2H3,(H,27,31)/t26-/m0/s1. The average molecular weight is 432 g/mol. The van der Waals surface area contributed by atoms with Gasteiger partial charge in [0.1, 0.15) is 17.0 Å². The van der Waals surface area contributed by atoms with Gasteiger partial charge in [0.25, 0.3) is 5.91 Å². The van der Waals surface area contributed by atoms with Crippen LogP contribution in [0.2, 0.25) is 0 Å². The van der Waals surface area contributed by atoms with Gasteiger partial charge in [-0.05, 0) is 62.1 Å². The van der Waals surface area contributed by atoms with E-state index >= 15 is 0 Å². The number of nitrogens with zero attached hydrogens (tertiary/aromatic N) is 2. The Morgan fingerprint density at radius 2 is 1.84 bits per heavy atom. The molecule has 1 N–H and O–H groups in total. The number of hydrogen-bond donors (Lipinski definition) is 1. The molecule has 1 aliphatic heterocycles. The minimum Gasteiger partial charge on any atom is -0.463 e. The fraction of sp³-hybridized carbons (Fsp3) is 0.385. The Bertz CT molecular complexity index is 1140. The van der Waals surface area contributed by atoms with Crippen LogP contribution in [0.1, 0.15) is 54.2 Å². The number of nitrogens with one attached hydrogen (secondary N) is 1. The van der Waals surface area contributed by atoms with Crippen molar-refractivity contribution < 1.29 is 14.0 Å². The minimum atomic E-state index is -1.02. The van der Waals surface area contributed by atoms with Gasteiger partial charge in [-0.1, -0.05) is 37.1 Å². The number of benzene rings is 1. The summed E-state index contributed by atoms with van der Waals surface area (Å²) < 4.78 is 7.54. The molecule has 1 aliphatic carbocycles. The highest BCUT2D eigenvalue weighted by atomic mass is 16.3. The van der Waals surface area contributed by atoms with Crippen molar-refractivity contribution in [3.05, 3.63) is 71.6 Å². The number of amides is 2. The minimum absolute atomic E-state index is 0.0870. The molecule has 5 rings (SSSR count). The van der Waals surface area contributed by atoms with E-state index in [2.05, 4.69) is 5.32 Å². The van der Waals surface area contributed by atoms with E-state index in [-0.39, 0.29) is 17.9 Å². The molecule has 1 aromatic carbocycles. The highest BCUT2D eigenvalue weighted by Crippen LogP contribution is 2.35. The molecule has 2 aromatic heterocycles. The number of carbonyl (C=O) groups excluding carboxylic acids is 2. The van der Waals surface area contributed by atoms with Crippen LogP contribution in [0, 0.1) is 6.92 Å². The molecule has 0 bridgehead atoms. The van der Waals surface area contributed by atoms with Crippen LogP contribution in [0.5, 0.6) is 0 Å². The molecular weight excluding hydrogens is 402 g/mol. The summed E-state index contributed by atoms with van der Waals surface area (Å²) in [4.78, 5) is 29.2. The van der Waals surface area contributed by atoms with E-state index in [1.807, 2.05) is 66.9 Å². The Balaban J connectivity index is 1.56. The third-order valence-corrected chi connectivity index (χ3v) is 7.05. The van der Waals surface area contributed by atoms with Crippen LogP contribution < -0.4 is 5.32 Å². The number of aromatic nitrogens is 1. The second-order valence-corrected chi connectivity index (χ2v) is 9.21. The lowest BCUT2D eigenvalue weighted by Gasteiger charge is -2.45. The summed E-state index contributed by atoms with van der Waals surface area (Å²) in [6.45, 7) is 4.70. The molecule has 0 radical (unpaired) electrons. The Morgan fingerprint density at radius 1 is 1.09 bits per heavy atom. The molecule has 6 nitrogen and oxygen atoms in total. The first-order valence-electron chi connectivity index (χ1n) is 11.4. The average Bonchev–Trinajstić information content (AvgIpc) is 3.54.